The highest BCUT2D eigenvalue weighted by Gasteiger charge is 2.23. The maximum Gasteiger partial charge on any atom is 0.319 e. The largest absolute Gasteiger partial charge is 0.497 e. The number of thiazole rings is 1. The van der Waals surface area contributed by atoms with Crippen molar-refractivity contribution in [3.05, 3.63) is 40.2 Å². The smallest absolute Gasteiger partial charge is 0.319 e. The standard InChI is InChI=1S/C12H9N5O4S/c1-21-6-2-3-7-9(4-6)22-12(14-7)15-11(18)10-8(17(19)20)5-13-16-10/h2-5H,1H3,(H,13,16)(H,14,15,18). The number of benzene rings is 1. The minimum absolute atomic E-state index is 0.221. The molecule has 0 atom stereocenters. The molecule has 0 aliphatic heterocycles. The number of nitrogens with one attached hydrogen (secondary N) is 2. The lowest BCUT2D eigenvalue weighted by molar-refractivity contribution is -0.385. The van der Waals surface area contributed by atoms with Crippen molar-refractivity contribution in [1.82, 2.24) is 15.2 Å². The normalized spacial score (nSPS) is 10.6. The first-order chi connectivity index (χ1) is 10.6. The average molecular weight is 319 g/mol. The molecule has 22 heavy (non-hydrogen) atoms. The molecule has 0 aliphatic rings. The second kappa shape index (κ2) is 5.41. The molecule has 0 spiro atoms. The van der Waals surface area contributed by atoms with Crippen LogP contribution in [-0.4, -0.2) is 33.1 Å². The molecule has 2 N–H and O–H groups in total. The number of anilines is 1. The molecule has 0 radical (unpaired) electrons. The van der Waals surface area contributed by atoms with E-state index in [1.54, 1.807) is 25.3 Å². The number of amides is 1. The van der Waals surface area contributed by atoms with Gasteiger partial charge in [-0.2, -0.15) is 5.10 Å². The van der Waals surface area contributed by atoms with Gasteiger partial charge in [-0.15, -0.1) is 0 Å². The number of nitrogens with zero attached hydrogens (tertiary/aromatic N) is 3. The van der Waals surface area contributed by atoms with Gasteiger partial charge in [0.05, 0.1) is 22.2 Å². The van der Waals surface area contributed by atoms with E-state index in [4.69, 9.17) is 4.74 Å². The summed E-state index contributed by atoms with van der Waals surface area (Å²) in [5.41, 5.74) is 0.0855. The fourth-order valence-electron chi connectivity index (χ4n) is 1.83. The number of carbonyl (C=O) groups excluding carboxylic acids is 1. The van der Waals surface area contributed by atoms with Gasteiger partial charge in [-0.3, -0.25) is 25.3 Å². The molecule has 112 valence electrons. The van der Waals surface area contributed by atoms with Crippen molar-refractivity contribution >= 4 is 38.3 Å². The molecule has 0 saturated heterocycles. The molecule has 0 aliphatic carbocycles. The fraction of sp³-hybridized carbons (Fsp3) is 0.0833. The van der Waals surface area contributed by atoms with Crippen LogP contribution in [0, 0.1) is 10.1 Å². The quantitative estimate of drug-likeness (QED) is 0.561. The zero-order valence-corrected chi connectivity index (χ0v) is 12.0. The number of ether oxygens (including phenoxy) is 1. The molecule has 1 amide bonds. The minimum Gasteiger partial charge on any atom is -0.497 e. The predicted octanol–water partition coefficient (Wildman–Crippen LogP) is 2.19. The summed E-state index contributed by atoms with van der Waals surface area (Å²) >= 11 is 1.24. The number of nitro groups is 1. The SMILES string of the molecule is COc1ccc2nc(NC(=O)c3[nH]ncc3[N+](=O)[O-])sc2c1. The van der Waals surface area contributed by atoms with Gasteiger partial charge in [0.2, 0.25) is 5.69 Å². The van der Waals surface area contributed by atoms with Gasteiger partial charge >= 0.3 is 5.69 Å². The Kier molecular flexibility index (Phi) is 3.43. The maximum atomic E-state index is 12.1. The molecule has 0 fully saturated rings. The van der Waals surface area contributed by atoms with Crippen molar-refractivity contribution in [1.29, 1.82) is 0 Å². The van der Waals surface area contributed by atoms with Gasteiger partial charge in [-0.25, -0.2) is 4.98 Å². The third kappa shape index (κ3) is 2.46. The van der Waals surface area contributed by atoms with Gasteiger partial charge in [-0.05, 0) is 18.2 Å². The number of carbonyl (C=O) groups is 1. The van der Waals surface area contributed by atoms with E-state index in [1.165, 1.54) is 11.3 Å². The van der Waals surface area contributed by atoms with Gasteiger partial charge < -0.3 is 4.74 Å². The van der Waals surface area contributed by atoms with Gasteiger partial charge in [0.25, 0.3) is 5.91 Å². The van der Waals surface area contributed by atoms with Crippen LogP contribution >= 0.6 is 11.3 Å². The second-order valence-electron chi connectivity index (χ2n) is 4.19. The summed E-state index contributed by atoms with van der Waals surface area (Å²) in [4.78, 5) is 26.4. The molecule has 9 nitrogen and oxygen atoms in total. The summed E-state index contributed by atoms with van der Waals surface area (Å²) in [5.74, 6) is 0.00783. The topological polar surface area (TPSA) is 123 Å². The van der Waals surface area contributed by atoms with Gasteiger partial charge in [0.1, 0.15) is 11.9 Å². The van der Waals surface area contributed by atoms with Crippen LogP contribution in [0.1, 0.15) is 10.5 Å². The van der Waals surface area contributed by atoms with Crippen molar-refractivity contribution in [3.8, 4) is 5.75 Å². The lowest BCUT2D eigenvalue weighted by Gasteiger charge is -1.97. The Morgan fingerprint density at radius 2 is 2.32 bits per heavy atom. The molecule has 1 aromatic carbocycles. The van der Waals surface area contributed by atoms with Crippen LogP contribution in [0.15, 0.2) is 24.4 Å². The van der Waals surface area contributed by atoms with Gasteiger partial charge in [0, 0.05) is 0 Å². The molecule has 0 saturated carbocycles. The number of H-pyrrole nitrogens is 1. The molecular formula is C12H9N5O4S. The van der Waals surface area contributed by atoms with E-state index in [2.05, 4.69) is 20.5 Å². The third-order valence-electron chi connectivity index (χ3n) is 2.86. The minimum atomic E-state index is -0.679. The van der Waals surface area contributed by atoms with E-state index < -0.39 is 10.8 Å². The molecule has 3 aromatic rings. The lowest BCUT2D eigenvalue weighted by Crippen LogP contribution is -2.13. The summed E-state index contributed by atoms with van der Waals surface area (Å²) < 4.78 is 5.94. The Morgan fingerprint density at radius 1 is 1.50 bits per heavy atom. The zero-order chi connectivity index (χ0) is 15.7. The van der Waals surface area contributed by atoms with E-state index in [9.17, 15) is 14.9 Å². The lowest BCUT2D eigenvalue weighted by atomic mass is 10.3. The Labute approximate surface area is 127 Å². The molecule has 0 bridgehead atoms. The Bertz CT molecular complexity index is 871. The third-order valence-corrected chi connectivity index (χ3v) is 3.79. The molecule has 2 aromatic heterocycles. The number of fused-ring (bicyclic) bond motifs is 1. The van der Waals surface area contributed by atoms with E-state index in [-0.39, 0.29) is 11.4 Å². The highest BCUT2D eigenvalue weighted by Crippen LogP contribution is 2.29. The van der Waals surface area contributed by atoms with Crippen molar-refractivity contribution < 1.29 is 14.5 Å². The predicted molar refractivity (Wildman–Crippen MR) is 79.4 cm³/mol. The van der Waals surface area contributed by atoms with Crippen molar-refractivity contribution in [2.45, 2.75) is 0 Å². The van der Waals surface area contributed by atoms with E-state index in [0.717, 1.165) is 10.9 Å². The first-order valence-electron chi connectivity index (χ1n) is 6.02. The van der Waals surface area contributed by atoms with Crippen LogP contribution in [0.25, 0.3) is 10.2 Å². The first kappa shape index (κ1) is 13.9. The molecule has 2 heterocycles. The highest BCUT2D eigenvalue weighted by atomic mass is 32.1. The number of methoxy groups -OCH3 is 1. The second-order valence-corrected chi connectivity index (χ2v) is 5.22. The summed E-state index contributed by atoms with van der Waals surface area (Å²) in [6, 6.07) is 5.31. The van der Waals surface area contributed by atoms with E-state index in [0.29, 0.717) is 16.4 Å². The highest BCUT2D eigenvalue weighted by molar-refractivity contribution is 7.22. The zero-order valence-electron chi connectivity index (χ0n) is 11.2. The van der Waals surface area contributed by atoms with E-state index in [1.807, 2.05) is 0 Å². The van der Waals surface area contributed by atoms with Gasteiger partial charge in [-0.1, -0.05) is 11.3 Å². The summed E-state index contributed by atoms with van der Waals surface area (Å²) in [6.45, 7) is 0. The first-order valence-corrected chi connectivity index (χ1v) is 6.84. The van der Waals surface area contributed by atoms with Gasteiger partial charge in [0.15, 0.2) is 5.13 Å². The number of aromatic nitrogens is 3. The number of rotatable bonds is 4. The Balaban J connectivity index is 1.87. The summed E-state index contributed by atoms with van der Waals surface area (Å²) in [7, 11) is 1.56. The summed E-state index contributed by atoms with van der Waals surface area (Å²) in [5, 5.41) is 19.5. The Morgan fingerprint density at radius 3 is 3.05 bits per heavy atom. The van der Waals surface area contributed by atoms with Crippen molar-refractivity contribution in [3.63, 3.8) is 0 Å². The van der Waals surface area contributed by atoms with Crippen LogP contribution in [0.4, 0.5) is 10.8 Å². The molecular weight excluding hydrogens is 310 g/mol. The van der Waals surface area contributed by atoms with Crippen molar-refractivity contribution in [2.75, 3.05) is 12.4 Å². The molecule has 3 rings (SSSR count). The van der Waals surface area contributed by atoms with Crippen LogP contribution < -0.4 is 10.1 Å². The molecule has 0 unspecified atom stereocenters. The number of hydrogen-bond acceptors (Lipinski definition) is 7. The van der Waals surface area contributed by atoms with Crippen molar-refractivity contribution in [2.24, 2.45) is 0 Å². The number of hydrogen-bond donors (Lipinski definition) is 2. The van der Waals surface area contributed by atoms with Crippen LogP contribution in [0.3, 0.4) is 0 Å². The van der Waals surface area contributed by atoms with E-state index >= 15 is 0 Å². The monoisotopic (exact) mass is 319 g/mol. The van der Waals surface area contributed by atoms with Crippen LogP contribution in [0.2, 0.25) is 0 Å². The molecule has 10 heteroatoms. The maximum absolute atomic E-state index is 12.1. The number of aromatic amines is 1. The fourth-order valence-corrected chi connectivity index (χ4v) is 2.72. The van der Waals surface area contributed by atoms with Crippen LogP contribution in [-0.2, 0) is 0 Å². The summed E-state index contributed by atoms with van der Waals surface area (Å²) in [6.07, 6.45) is 0.984. The Hall–Kier alpha value is -3.01. The van der Waals surface area contributed by atoms with Crippen LogP contribution in [0.5, 0.6) is 5.75 Å². The average Bonchev–Trinajstić information content (AvgIpc) is 3.12.